The van der Waals surface area contributed by atoms with Gasteiger partial charge in [-0.25, -0.2) is 4.68 Å². The Morgan fingerprint density at radius 2 is 2.08 bits per heavy atom. The molecule has 5 nitrogen and oxygen atoms in total. The van der Waals surface area contributed by atoms with Crippen molar-refractivity contribution >= 4 is 17.5 Å². The third kappa shape index (κ3) is 4.17. The lowest BCUT2D eigenvalue weighted by Crippen LogP contribution is -2.27. The maximum atomic E-state index is 12.7. The number of aryl methyl sites for hydroxylation is 1. The summed E-state index contributed by atoms with van der Waals surface area (Å²) in [5, 5.41) is 8.12. The number of halogens is 1. The molecule has 3 rings (SSSR count). The number of furan rings is 1. The summed E-state index contributed by atoms with van der Waals surface area (Å²) >= 11 is 6.11. The molecular weight excluding hydrogens is 350 g/mol. The Balaban J connectivity index is 1.97. The Bertz CT molecular complexity index is 911. The van der Waals surface area contributed by atoms with Crippen LogP contribution in [-0.2, 0) is 0 Å². The number of carbonyl (C=O) groups excluding carboxylic acids is 1. The topological polar surface area (TPSA) is 60.1 Å². The third-order valence-corrected chi connectivity index (χ3v) is 4.23. The molecule has 1 aromatic carbocycles. The summed E-state index contributed by atoms with van der Waals surface area (Å²) in [5.41, 5.74) is 1.77. The van der Waals surface area contributed by atoms with Crippen LogP contribution in [0.4, 0.5) is 0 Å². The summed E-state index contributed by atoms with van der Waals surface area (Å²) in [7, 11) is 0. The monoisotopic (exact) mass is 371 g/mol. The summed E-state index contributed by atoms with van der Waals surface area (Å²) in [5.74, 6) is 1.77. The molecule has 2 heterocycles. The molecule has 0 unspecified atom stereocenters. The van der Waals surface area contributed by atoms with Crippen molar-refractivity contribution in [1.82, 2.24) is 15.1 Å². The first-order chi connectivity index (χ1) is 12.4. The van der Waals surface area contributed by atoms with Gasteiger partial charge in [-0.3, -0.25) is 4.79 Å². The van der Waals surface area contributed by atoms with Gasteiger partial charge in [-0.05, 0) is 49.6 Å². The maximum Gasteiger partial charge on any atom is 0.270 e. The van der Waals surface area contributed by atoms with E-state index in [9.17, 15) is 4.79 Å². The van der Waals surface area contributed by atoms with Gasteiger partial charge in [0.1, 0.15) is 17.1 Å². The highest BCUT2D eigenvalue weighted by atomic mass is 35.5. The highest BCUT2D eigenvalue weighted by Gasteiger charge is 2.19. The lowest BCUT2D eigenvalue weighted by molar-refractivity contribution is 0.0944. The van der Waals surface area contributed by atoms with Crippen LogP contribution in [0.3, 0.4) is 0 Å². The van der Waals surface area contributed by atoms with E-state index in [1.165, 1.54) is 0 Å². The summed E-state index contributed by atoms with van der Waals surface area (Å²) < 4.78 is 7.26. The van der Waals surface area contributed by atoms with Gasteiger partial charge in [0, 0.05) is 17.6 Å². The molecule has 0 bridgehead atoms. The van der Waals surface area contributed by atoms with E-state index < -0.39 is 0 Å². The van der Waals surface area contributed by atoms with E-state index in [1.54, 1.807) is 22.9 Å². The van der Waals surface area contributed by atoms with Gasteiger partial charge in [-0.1, -0.05) is 31.5 Å². The Morgan fingerprint density at radius 1 is 1.27 bits per heavy atom. The van der Waals surface area contributed by atoms with Crippen molar-refractivity contribution in [2.45, 2.75) is 27.2 Å². The van der Waals surface area contributed by atoms with Crippen LogP contribution < -0.4 is 5.32 Å². The lowest BCUT2D eigenvalue weighted by Gasteiger charge is -2.09. The molecule has 1 amide bonds. The first-order valence-electron chi connectivity index (χ1n) is 8.65. The van der Waals surface area contributed by atoms with Crippen LogP contribution in [0, 0.1) is 12.8 Å². The molecule has 0 aliphatic rings. The summed E-state index contributed by atoms with van der Waals surface area (Å²) in [6.07, 6.45) is 0.918. The number of amides is 1. The van der Waals surface area contributed by atoms with Gasteiger partial charge in [0.05, 0.1) is 5.69 Å². The van der Waals surface area contributed by atoms with Crippen molar-refractivity contribution < 1.29 is 9.21 Å². The summed E-state index contributed by atoms with van der Waals surface area (Å²) in [6.45, 7) is 6.74. The quantitative estimate of drug-likeness (QED) is 0.672. The van der Waals surface area contributed by atoms with Gasteiger partial charge < -0.3 is 9.73 Å². The molecule has 0 spiro atoms. The molecule has 6 heteroatoms. The zero-order valence-electron chi connectivity index (χ0n) is 15.1. The highest BCUT2D eigenvalue weighted by molar-refractivity contribution is 6.30. The van der Waals surface area contributed by atoms with E-state index in [0.717, 1.165) is 17.9 Å². The van der Waals surface area contributed by atoms with Crippen molar-refractivity contribution in [2.75, 3.05) is 6.54 Å². The minimum absolute atomic E-state index is 0.173. The Kier molecular flexibility index (Phi) is 5.47. The minimum Gasteiger partial charge on any atom is -0.460 e. The number of hydrogen-bond donors (Lipinski definition) is 1. The molecule has 0 aliphatic carbocycles. The largest absolute Gasteiger partial charge is 0.460 e. The second-order valence-corrected chi connectivity index (χ2v) is 7.09. The molecule has 136 valence electrons. The number of nitrogens with one attached hydrogen (secondary N) is 1. The molecule has 26 heavy (non-hydrogen) atoms. The van der Waals surface area contributed by atoms with E-state index in [1.807, 2.05) is 31.2 Å². The average Bonchev–Trinajstić information content (AvgIpc) is 3.20. The number of nitrogens with zero attached hydrogens (tertiary/aromatic N) is 2. The zero-order chi connectivity index (χ0) is 18.7. The van der Waals surface area contributed by atoms with Gasteiger partial charge in [-0.15, -0.1) is 0 Å². The minimum atomic E-state index is -0.173. The molecular formula is C20H22ClN3O2. The van der Waals surface area contributed by atoms with Crippen LogP contribution in [0.2, 0.25) is 5.02 Å². The highest BCUT2D eigenvalue weighted by Crippen LogP contribution is 2.24. The molecule has 0 saturated heterocycles. The van der Waals surface area contributed by atoms with Crippen LogP contribution >= 0.6 is 11.6 Å². The standard InChI is InChI=1S/C20H22ClN3O2/c1-13(2)9-10-22-20(25)18-12-17(19-8-7-14(3)26-19)23-24(18)16-6-4-5-15(21)11-16/h4-8,11-13H,9-10H2,1-3H3,(H,22,25). The fraction of sp³-hybridized carbons (Fsp3) is 0.300. The predicted octanol–water partition coefficient (Wildman–Crippen LogP) is 4.87. The van der Waals surface area contributed by atoms with E-state index in [0.29, 0.717) is 34.6 Å². The average molecular weight is 372 g/mol. The molecule has 1 N–H and O–H groups in total. The van der Waals surface area contributed by atoms with E-state index in [2.05, 4.69) is 24.3 Å². The predicted molar refractivity (Wildman–Crippen MR) is 103 cm³/mol. The third-order valence-electron chi connectivity index (χ3n) is 3.99. The van der Waals surface area contributed by atoms with Crippen LogP contribution in [0.1, 0.15) is 36.5 Å². The summed E-state index contributed by atoms with van der Waals surface area (Å²) in [6, 6.07) is 12.7. The Labute approximate surface area is 158 Å². The van der Waals surface area contributed by atoms with Crippen LogP contribution in [0.15, 0.2) is 46.9 Å². The van der Waals surface area contributed by atoms with Crippen LogP contribution in [0.25, 0.3) is 17.1 Å². The molecule has 0 atom stereocenters. The molecule has 0 radical (unpaired) electrons. The number of rotatable bonds is 6. The van der Waals surface area contributed by atoms with Crippen molar-refractivity contribution in [2.24, 2.45) is 5.92 Å². The number of benzene rings is 1. The van der Waals surface area contributed by atoms with E-state index in [-0.39, 0.29) is 5.91 Å². The number of aromatic nitrogens is 2. The normalized spacial score (nSPS) is 11.1. The van der Waals surface area contributed by atoms with Crippen molar-refractivity contribution in [3.05, 3.63) is 58.9 Å². The van der Waals surface area contributed by atoms with Crippen LogP contribution in [-0.4, -0.2) is 22.2 Å². The van der Waals surface area contributed by atoms with Crippen molar-refractivity contribution in [3.8, 4) is 17.1 Å². The van der Waals surface area contributed by atoms with Gasteiger partial charge in [0.25, 0.3) is 5.91 Å². The first kappa shape index (κ1) is 18.3. The van der Waals surface area contributed by atoms with Crippen LogP contribution in [0.5, 0.6) is 0 Å². The molecule has 0 fully saturated rings. The van der Waals surface area contributed by atoms with Gasteiger partial charge in [0.2, 0.25) is 0 Å². The van der Waals surface area contributed by atoms with Gasteiger partial charge in [0.15, 0.2) is 5.76 Å². The number of hydrogen-bond acceptors (Lipinski definition) is 3. The number of carbonyl (C=O) groups is 1. The maximum absolute atomic E-state index is 12.7. The fourth-order valence-corrected chi connectivity index (χ4v) is 2.79. The molecule has 3 aromatic rings. The zero-order valence-corrected chi connectivity index (χ0v) is 15.9. The molecule has 2 aromatic heterocycles. The SMILES string of the molecule is Cc1ccc(-c2cc(C(=O)NCCC(C)C)n(-c3cccc(Cl)c3)n2)o1. The Hall–Kier alpha value is -2.53. The lowest BCUT2D eigenvalue weighted by atomic mass is 10.1. The van der Waals surface area contributed by atoms with E-state index in [4.69, 9.17) is 16.0 Å². The van der Waals surface area contributed by atoms with Gasteiger partial charge >= 0.3 is 0 Å². The molecule has 0 aliphatic heterocycles. The second kappa shape index (κ2) is 7.79. The Morgan fingerprint density at radius 3 is 2.73 bits per heavy atom. The first-order valence-corrected chi connectivity index (χ1v) is 9.03. The van der Waals surface area contributed by atoms with Gasteiger partial charge in [-0.2, -0.15) is 5.10 Å². The van der Waals surface area contributed by atoms with Crippen molar-refractivity contribution in [1.29, 1.82) is 0 Å². The van der Waals surface area contributed by atoms with E-state index >= 15 is 0 Å². The smallest absolute Gasteiger partial charge is 0.270 e. The van der Waals surface area contributed by atoms with Crippen molar-refractivity contribution in [3.63, 3.8) is 0 Å². The second-order valence-electron chi connectivity index (χ2n) is 6.66. The fourth-order valence-electron chi connectivity index (χ4n) is 2.61. The molecule has 0 saturated carbocycles. The summed E-state index contributed by atoms with van der Waals surface area (Å²) in [4.78, 5) is 12.7.